The van der Waals surface area contributed by atoms with Crippen LogP contribution in [0.1, 0.15) is 42.0 Å². The largest absolute Gasteiger partial charge is 0.416 e. The van der Waals surface area contributed by atoms with Gasteiger partial charge in [-0.2, -0.15) is 13.2 Å². The fraction of sp³-hybridized carbons (Fsp3) is 0.200. The van der Waals surface area contributed by atoms with Crippen LogP contribution >= 0.6 is 0 Å². The van der Waals surface area contributed by atoms with Crippen molar-refractivity contribution in [3.63, 3.8) is 0 Å². The fourth-order valence-electron chi connectivity index (χ4n) is 2.11. The van der Waals surface area contributed by atoms with Gasteiger partial charge in [-0.15, -0.1) is 0 Å². The molecule has 0 N–H and O–H groups in total. The van der Waals surface area contributed by atoms with E-state index < -0.39 is 40.3 Å². The maximum atomic E-state index is 14.3. The highest BCUT2D eigenvalue weighted by atomic mass is 19.4. The minimum absolute atomic E-state index is 0.322. The van der Waals surface area contributed by atoms with Gasteiger partial charge in [0.15, 0.2) is 11.7 Å². The van der Waals surface area contributed by atoms with Gasteiger partial charge in [-0.25, -0.2) is 13.2 Å². The third-order valence-electron chi connectivity index (χ3n) is 3.47. The van der Waals surface area contributed by atoms with Gasteiger partial charge in [-0.1, -0.05) is 30.9 Å². The summed E-state index contributed by atoms with van der Waals surface area (Å²) in [5.41, 5.74) is -1.71. The van der Waals surface area contributed by atoms with Crippen molar-refractivity contribution in [1.29, 1.82) is 0 Å². The van der Waals surface area contributed by atoms with E-state index in [1.807, 2.05) is 6.92 Å². The second-order valence-corrected chi connectivity index (χ2v) is 5.45. The number of unbranched alkanes of at least 4 members (excludes halogenated alkanes) is 1. The summed E-state index contributed by atoms with van der Waals surface area (Å²) in [5, 5.41) is 0. The highest BCUT2D eigenvalue weighted by molar-refractivity contribution is 5.83. The molecule has 136 valence electrons. The number of hydrogen-bond donors (Lipinski definition) is 0. The van der Waals surface area contributed by atoms with Crippen LogP contribution in [-0.4, -0.2) is 0 Å². The quantitative estimate of drug-likeness (QED) is 0.319. The smallest absolute Gasteiger partial charge is 0.206 e. The summed E-state index contributed by atoms with van der Waals surface area (Å²) >= 11 is 0. The molecule has 0 spiro atoms. The van der Waals surface area contributed by atoms with Crippen molar-refractivity contribution in [3.8, 4) is 11.8 Å². The highest BCUT2D eigenvalue weighted by Gasteiger charge is 2.30. The van der Waals surface area contributed by atoms with Crippen LogP contribution in [0.25, 0.3) is 11.7 Å². The second-order valence-electron chi connectivity index (χ2n) is 5.45. The molecule has 0 amide bonds. The Morgan fingerprint density at radius 1 is 0.962 bits per heavy atom. The van der Waals surface area contributed by atoms with E-state index in [1.54, 1.807) is 0 Å². The van der Waals surface area contributed by atoms with E-state index in [4.69, 9.17) is 0 Å². The van der Waals surface area contributed by atoms with E-state index in [9.17, 15) is 26.3 Å². The summed E-state index contributed by atoms with van der Waals surface area (Å²) in [6, 6.07) is 6.22. The Labute approximate surface area is 147 Å². The average Bonchev–Trinajstić information content (AvgIpc) is 2.60. The van der Waals surface area contributed by atoms with Gasteiger partial charge in [0.05, 0.1) is 5.56 Å². The molecule has 6 heteroatoms. The van der Waals surface area contributed by atoms with Crippen LogP contribution in [0, 0.1) is 17.7 Å². The second kappa shape index (κ2) is 8.13. The van der Waals surface area contributed by atoms with Gasteiger partial charge in [-0.3, -0.25) is 0 Å². The lowest BCUT2D eigenvalue weighted by atomic mass is 10.1. The molecule has 0 heterocycles. The summed E-state index contributed by atoms with van der Waals surface area (Å²) in [6.45, 7) is 1.93. The normalized spacial score (nSPS) is 12.3. The zero-order valence-electron chi connectivity index (χ0n) is 13.7. The number of hydrogen-bond acceptors (Lipinski definition) is 0. The first-order valence-corrected chi connectivity index (χ1v) is 7.75. The summed E-state index contributed by atoms with van der Waals surface area (Å²) in [6.07, 6.45) is -3.12. The zero-order chi connectivity index (χ0) is 19.3. The Kier molecular flexibility index (Phi) is 6.14. The predicted octanol–water partition coefficient (Wildman–Crippen LogP) is 6.76. The molecular weight excluding hydrogens is 354 g/mol. The van der Waals surface area contributed by atoms with Gasteiger partial charge in [0.1, 0.15) is 5.82 Å². The third kappa shape index (κ3) is 4.69. The standard InChI is InChI=1S/C20H14F6/c1-2-3-4-5-13-6-11-16(17(21)12-13)19(23)18(22)14-7-9-15(10-8-14)20(24,25)26/h6-12H,2-3H2,1H3/b19-18-. The highest BCUT2D eigenvalue weighted by Crippen LogP contribution is 2.33. The fourth-order valence-corrected chi connectivity index (χ4v) is 2.11. The first-order chi connectivity index (χ1) is 12.2. The van der Waals surface area contributed by atoms with Gasteiger partial charge in [0, 0.05) is 23.1 Å². The topological polar surface area (TPSA) is 0 Å². The Bertz CT molecular complexity index is 864. The van der Waals surface area contributed by atoms with E-state index in [2.05, 4.69) is 11.8 Å². The Morgan fingerprint density at radius 2 is 1.62 bits per heavy atom. The molecule has 0 aliphatic heterocycles. The molecule has 2 rings (SSSR count). The molecule has 0 radical (unpaired) electrons. The molecule has 0 aliphatic carbocycles. The SMILES string of the molecule is CCCC#Cc1ccc(/C(F)=C(/F)c2ccc(C(F)(F)F)cc2)c(F)c1. The zero-order valence-corrected chi connectivity index (χ0v) is 13.7. The van der Waals surface area contributed by atoms with Crippen LogP contribution in [0.3, 0.4) is 0 Å². The van der Waals surface area contributed by atoms with Crippen LogP contribution < -0.4 is 0 Å². The molecule has 0 aliphatic rings. The van der Waals surface area contributed by atoms with Crippen molar-refractivity contribution in [2.45, 2.75) is 25.9 Å². The third-order valence-corrected chi connectivity index (χ3v) is 3.47. The van der Waals surface area contributed by atoms with Crippen molar-refractivity contribution in [2.24, 2.45) is 0 Å². The van der Waals surface area contributed by atoms with Gasteiger partial charge in [0.2, 0.25) is 0 Å². The van der Waals surface area contributed by atoms with Crippen molar-refractivity contribution < 1.29 is 26.3 Å². The van der Waals surface area contributed by atoms with Gasteiger partial charge < -0.3 is 0 Å². The van der Waals surface area contributed by atoms with Crippen LogP contribution in [0.15, 0.2) is 42.5 Å². The Hall–Kier alpha value is -2.68. The summed E-state index contributed by atoms with van der Waals surface area (Å²) in [5.74, 6) is 1.57. The first kappa shape index (κ1) is 19.6. The predicted molar refractivity (Wildman–Crippen MR) is 88.7 cm³/mol. The van der Waals surface area contributed by atoms with Crippen LogP contribution in [0.4, 0.5) is 26.3 Å². The van der Waals surface area contributed by atoms with Crippen LogP contribution in [0.2, 0.25) is 0 Å². The molecule has 26 heavy (non-hydrogen) atoms. The molecule has 2 aromatic carbocycles. The summed E-state index contributed by atoms with van der Waals surface area (Å²) in [7, 11) is 0. The van der Waals surface area contributed by atoms with Crippen LogP contribution in [0.5, 0.6) is 0 Å². The minimum atomic E-state index is -4.59. The van der Waals surface area contributed by atoms with E-state index in [-0.39, 0.29) is 0 Å². The molecule has 0 atom stereocenters. The number of halogens is 6. The maximum absolute atomic E-state index is 14.3. The molecule has 0 unspecified atom stereocenters. The van der Waals surface area contributed by atoms with Gasteiger partial charge in [0.25, 0.3) is 0 Å². The monoisotopic (exact) mass is 368 g/mol. The van der Waals surface area contributed by atoms with E-state index in [1.165, 1.54) is 6.07 Å². The molecule has 0 saturated heterocycles. The van der Waals surface area contributed by atoms with Crippen LogP contribution in [-0.2, 0) is 6.18 Å². The summed E-state index contributed by atoms with van der Waals surface area (Å²) < 4.78 is 80.0. The Balaban J connectivity index is 2.34. The lowest BCUT2D eigenvalue weighted by Gasteiger charge is -2.08. The van der Waals surface area contributed by atoms with Gasteiger partial charge in [-0.05, 0) is 36.8 Å². The maximum Gasteiger partial charge on any atom is 0.416 e. The number of benzene rings is 2. The van der Waals surface area contributed by atoms with Crippen molar-refractivity contribution in [3.05, 3.63) is 70.5 Å². The number of alkyl halides is 3. The van der Waals surface area contributed by atoms with E-state index in [0.29, 0.717) is 24.1 Å². The summed E-state index contributed by atoms with van der Waals surface area (Å²) in [4.78, 5) is 0. The Morgan fingerprint density at radius 3 is 2.15 bits per heavy atom. The lowest BCUT2D eigenvalue weighted by molar-refractivity contribution is -0.137. The number of rotatable bonds is 3. The van der Waals surface area contributed by atoms with E-state index >= 15 is 0 Å². The molecule has 0 nitrogen and oxygen atoms in total. The lowest BCUT2D eigenvalue weighted by Crippen LogP contribution is -2.04. The van der Waals surface area contributed by atoms with Crippen molar-refractivity contribution >= 4 is 11.7 Å². The van der Waals surface area contributed by atoms with Crippen molar-refractivity contribution in [2.75, 3.05) is 0 Å². The van der Waals surface area contributed by atoms with Gasteiger partial charge >= 0.3 is 6.18 Å². The molecule has 2 aromatic rings. The first-order valence-electron chi connectivity index (χ1n) is 7.75. The molecule has 0 fully saturated rings. The van der Waals surface area contributed by atoms with E-state index in [0.717, 1.165) is 30.7 Å². The minimum Gasteiger partial charge on any atom is -0.206 e. The average molecular weight is 368 g/mol. The molecule has 0 bridgehead atoms. The van der Waals surface area contributed by atoms with Crippen molar-refractivity contribution in [1.82, 2.24) is 0 Å². The molecule has 0 saturated carbocycles. The molecule has 0 aromatic heterocycles. The molecular formula is C20H14F6.